The SMILES string of the molecule is CN1C(c2ccccc2)=CC(C)(c2ccccc2)NC1c1ccc(-c2ccc3c(c2)nc(-c2ccc4c5ccccc5c5ccccc5c4c2)c2oc4ccccc4c23)cc1. The van der Waals surface area contributed by atoms with Gasteiger partial charge in [0, 0.05) is 34.5 Å². The van der Waals surface area contributed by atoms with Crippen molar-refractivity contribution in [2.24, 2.45) is 0 Å². The van der Waals surface area contributed by atoms with Crippen LogP contribution in [0.15, 0.2) is 205 Å². The van der Waals surface area contributed by atoms with Gasteiger partial charge >= 0.3 is 0 Å². The molecule has 0 amide bonds. The van der Waals surface area contributed by atoms with Gasteiger partial charge in [-0.15, -0.1) is 0 Å². The number of para-hydroxylation sites is 1. The Balaban J connectivity index is 0.978. The van der Waals surface area contributed by atoms with E-state index in [1.165, 1.54) is 54.7 Å². The maximum Gasteiger partial charge on any atom is 0.162 e. The fourth-order valence-electron chi connectivity index (χ4n) is 9.87. The summed E-state index contributed by atoms with van der Waals surface area (Å²) in [5.41, 5.74) is 11.2. The zero-order valence-corrected chi connectivity index (χ0v) is 33.9. The molecule has 0 saturated heterocycles. The van der Waals surface area contributed by atoms with E-state index in [9.17, 15) is 0 Å². The zero-order valence-electron chi connectivity index (χ0n) is 33.9. The smallest absolute Gasteiger partial charge is 0.162 e. The average Bonchev–Trinajstić information content (AvgIpc) is 3.72. The molecule has 0 radical (unpaired) electrons. The minimum absolute atomic E-state index is 0.0555. The molecule has 4 nitrogen and oxygen atoms in total. The van der Waals surface area contributed by atoms with Gasteiger partial charge in [-0.2, -0.15) is 0 Å². The van der Waals surface area contributed by atoms with Crippen LogP contribution in [0.3, 0.4) is 0 Å². The molecule has 290 valence electrons. The summed E-state index contributed by atoms with van der Waals surface area (Å²) >= 11 is 0. The van der Waals surface area contributed by atoms with Crippen LogP contribution in [0, 0.1) is 0 Å². The lowest BCUT2D eigenvalue weighted by atomic mass is 9.86. The van der Waals surface area contributed by atoms with Crippen LogP contribution in [0.25, 0.3) is 93.2 Å². The summed E-state index contributed by atoms with van der Waals surface area (Å²) < 4.78 is 6.71. The molecule has 0 fully saturated rings. The molecule has 11 aromatic rings. The molecule has 0 bridgehead atoms. The molecule has 2 atom stereocenters. The Kier molecular flexibility index (Phi) is 8.00. The van der Waals surface area contributed by atoms with Crippen molar-refractivity contribution in [3.63, 3.8) is 0 Å². The van der Waals surface area contributed by atoms with Crippen LogP contribution in [0.4, 0.5) is 0 Å². The lowest BCUT2D eigenvalue weighted by Gasteiger charge is -2.45. The van der Waals surface area contributed by atoms with Crippen molar-refractivity contribution >= 4 is 70.9 Å². The van der Waals surface area contributed by atoms with Crippen LogP contribution < -0.4 is 5.32 Å². The molecule has 0 spiro atoms. The van der Waals surface area contributed by atoms with Gasteiger partial charge in [0.1, 0.15) is 17.4 Å². The molecule has 3 heterocycles. The molecule has 1 aliphatic heterocycles. The summed E-state index contributed by atoms with van der Waals surface area (Å²) in [7, 11) is 2.18. The van der Waals surface area contributed by atoms with Crippen molar-refractivity contribution < 1.29 is 4.42 Å². The van der Waals surface area contributed by atoms with Gasteiger partial charge in [-0.3, -0.25) is 5.32 Å². The van der Waals surface area contributed by atoms with Gasteiger partial charge < -0.3 is 9.32 Å². The first-order valence-electron chi connectivity index (χ1n) is 21.0. The Morgan fingerprint density at radius 1 is 0.508 bits per heavy atom. The van der Waals surface area contributed by atoms with E-state index in [0.717, 1.165) is 55.2 Å². The minimum Gasteiger partial charge on any atom is -0.454 e. The number of hydrogen-bond donors (Lipinski definition) is 1. The highest BCUT2D eigenvalue weighted by Crippen LogP contribution is 2.44. The standard InChI is InChI=1S/C57H41N3O/c1-57(41-17-7-4-8-18-41)35-51(37-15-5-3-6-16-37)60(2)56(59-57)38-27-25-36(26-28-38)39-29-32-47-50(34-39)58-54(55-53(47)48-23-13-14-24-52(48)61-55)40-30-31-46-44-21-10-9-19-42(44)43-20-11-12-22-45(43)49(46)33-40/h3-35,56,59H,1-2H3. The fourth-order valence-corrected chi connectivity index (χ4v) is 9.87. The Morgan fingerprint density at radius 2 is 1.07 bits per heavy atom. The Hall–Kier alpha value is -7.53. The number of nitrogens with zero attached hydrogens (tertiary/aromatic N) is 2. The van der Waals surface area contributed by atoms with Gasteiger partial charge in [-0.1, -0.05) is 176 Å². The first-order chi connectivity index (χ1) is 30.0. The highest BCUT2D eigenvalue weighted by atomic mass is 16.3. The van der Waals surface area contributed by atoms with Gasteiger partial charge in [0.25, 0.3) is 0 Å². The van der Waals surface area contributed by atoms with Crippen molar-refractivity contribution in [1.82, 2.24) is 15.2 Å². The molecule has 61 heavy (non-hydrogen) atoms. The zero-order chi connectivity index (χ0) is 40.7. The lowest BCUT2D eigenvalue weighted by Crippen LogP contribution is -2.50. The summed E-state index contributed by atoms with van der Waals surface area (Å²) in [5, 5.41) is 14.7. The van der Waals surface area contributed by atoms with Crippen molar-refractivity contribution in [2.45, 2.75) is 18.6 Å². The monoisotopic (exact) mass is 783 g/mol. The molecular formula is C57H41N3O. The van der Waals surface area contributed by atoms with Crippen molar-refractivity contribution in [3.8, 4) is 22.4 Å². The highest BCUT2D eigenvalue weighted by molar-refractivity contribution is 6.26. The van der Waals surface area contributed by atoms with Crippen LogP contribution in [0.1, 0.15) is 29.8 Å². The topological polar surface area (TPSA) is 41.3 Å². The molecular weight excluding hydrogens is 743 g/mol. The molecule has 0 aliphatic carbocycles. The van der Waals surface area contributed by atoms with Crippen LogP contribution in [0.2, 0.25) is 0 Å². The number of furan rings is 1. The Morgan fingerprint density at radius 3 is 1.77 bits per heavy atom. The molecule has 2 aromatic heterocycles. The maximum absolute atomic E-state index is 6.71. The molecule has 2 unspecified atom stereocenters. The number of nitrogens with one attached hydrogen (secondary N) is 1. The summed E-state index contributed by atoms with van der Waals surface area (Å²) in [6.07, 6.45) is 2.31. The molecule has 9 aromatic carbocycles. The van der Waals surface area contributed by atoms with Crippen LogP contribution in [-0.4, -0.2) is 16.9 Å². The molecule has 1 N–H and O–H groups in total. The lowest BCUT2D eigenvalue weighted by molar-refractivity contribution is 0.218. The van der Waals surface area contributed by atoms with Gasteiger partial charge in [0.2, 0.25) is 0 Å². The first kappa shape index (κ1) is 35.4. The predicted molar refractivity (Wildman–Crippen MR) is 254 cm³/mol. The number of pyridine rings is 1. The Labute approximate surface area is 354 Å². The average molecular weight is 784 g/mol. The van der Waals surface area contributed by atoms with E-state index in [4.69, 9.17) is 9.40 Å². The third-order valence-corrected chi connectivity index (χ3v) is 13.0. The van der Waals surface area contributed by atoms with Crippen LogP contribution in [0.5, 0.6) is 0 Å². The second kappa shape index (κ2) is 13.8. The van der Waals surface area contributed by atoms with E-state index >= 15 is 0 Å². The van der Waals surface area contributed by atoms with E-state index in [-0.39, 0.29) is 11.7 Å². The fraction of sp³-hybridized carbons (Fsp3) is 0.0702. The van der Waals surface area contributed by atoms with E-state index in [2.05, 4.69) is 218 Å². The predicted octanol–water partition coefficient (Wildman–Crippen LogP) is 14.4. The minimum atomic E-state index is -0.376. The molecule has 0 saturated carbocycles. The summed E-state index contributed by atoms with van der Waals surface area (Å²) in [5.74, 6) is 0. The number of fused-ring (bicyclic) bond motifs is 11. The summed E-state index contributed by atoms with van der Waals surface area (Å²) in [4.78, 5) is 7.83. The number of rotatable bonds is 5. The van der Waals surface area contributed by atoms with E-state index in [0.29, 0.717) is 0 Å². The second-order valence-corrected chi connectivity index (χ2v) is 16.6. The van der Waals surface area contributed by atoms with Crippen LogP contribution in [-0.2, 0) is 5.54 Å². The van der Waals surface area contributed by atoms with Crippen molar-refractivity contribution in [3.05, 3.63) is 217 Å². The van der Waals surface area contributed by atoms with Gasteiger partial charge in [-0.25, -0.2) is 4.98 Å². The van der Waals surface area contributed by atoms with Crippen LogP contribution >= 0.6 is 0 Å². The Bertz CT molecular complexity index is 3500. The number of hydrogen-bond acceptors (Lipinski definition) is 4. The number of benzene rings is 9. The van der Waals surface area contributed by atoms with E-state index in [1.54, 1.807) is 0 Å². The summed E-state index contributed by atoms with van der Waals surface area (Å²) in [6, 6.07) is 69.7. The van der Waals surface area contributed by atoms with Gasteiger partial charge in [-0.05, 0) is 91.3 Å². The molecule has 1 aliphatic rings. The van der Waals surface area contributed by atoms with Crippen molar-refractivity contribution in [2.75, 3.05) is 7.05 Å². The normalized spacial score (nSPS) is 16.9. The maximum atomic E-state index is 6.71. The largest absolute Gasteiger partial charge is 0.454 e. The third kappa shape index (κ3) is 5.67. The quantitative estimate of drug-likeness (QED) is 0.177. The van der Waals surface area contributed by atoms with E-state index < -0.39 is 0 Å². The number of aromatic nitrogens is 1. The third-order valence-electron chi connectivity index (χ3n) is 13.0. The van der Waals surface area contributed by atoms with Crippen molar-refractivity contribution in [1.29, 1.82) is 0 Å². The molecule has 12 rings (SSSR count). The van der Waals surface area contributed by atoms with Gasteiger partial charge in [0.05, 0.1) is 11.1 Å². The van der Waals surface area contributed by atoms with E-state index in [1.807, 2.05) is 6.07 Å². The summed E-state index contributed by atoms with van der Waals surface area (Å²) in [6.45, 7) is 2.28. The second-order valence-electron chi connectivity index (χ2n) is 16.6. The highest BCUT2D eigenvalue weighted by Gasteiger charge is 2.36. The first-order valence-corrected chi connectivity index (χ1v) is 21.0. The molecule has 4 heteroatoms. The van der Waals surface area contributed by atoms with Gasteiger partial charge in [0.15, 0.2) is 5.58 Å².